The number of aromatic nitrogens is 1. The molecule has 1 aromatic heterocycles. The zero-order valence-corrected chi connectivity index (χ0v) is 9.57. The number of carbonyl (C=O) groups is 2. The first-order valence-electron chi connectivity index (χ1n) is 5.35. The molecule has 18 heavy (non-hydrogen) atoms. The summed E-state index contributed by atoms with van der Waals surface area (Å²) in [7, 11) is 1.32. The van der Waals surface area contributed by atoms with Crippen LogP contribution in [-0.4, -0.2) is 30.6 Å². The molecule has 1 aliphatic rings. The summed E-state index contributed by atoms with van der Waals surface area (Å²) in [6.07, 6.45) is 0. The third-order valence-corrected chi connectivity index (χ3v) is 2.76. The molecule has 0 bridgehead atoms. The summed E-state index contributed by atoms with van der Waals surface area (Å²) in [4.78, 5) is 25.5. The number of hydrogen-bond donors (Lipinski definition) is 2. The molecule has 2 N–H and O–H groups in total. The molecule has 0 unspecified atom stereocenters. The van der Waals surface area contributed by atoms with Crippen molar-refractivity contribution in [1.29, 1.82) is 0 Å². The topological polar surface area (TPSA) is 80.4 Å². The van der Waals surface area contributed by atoms with Gasteiger partial charge in [-0.3, -0.25) is 4.79 Å². The largest absolute Gasteiger partial charge is 0.482 e. The van der Waals surface area contributed by atoms with Crippen LogP contribution >= 0.6 is 0 Å². The van der Waals surface area contributed by atoms with E-state index in [4.69, 9.17) is 4.74 Å². The Bertz CT molecular complexity index is 659. The van der Waals surface area contributed by atoms with Crippen molar-refractivity contribution in [3.63, 3.8) is 0 Å². The van der Waals surface area contributed by atoms with Gasteiger partial charge in [0.05, 0.1) is 12.8 Å². The lowest BCUT2D eigenvalue weighted by molar-refractivity contribution is -0.118. The van der Waals surface area contributed by atoms with Gasteiger partial charge in [-0.05, 0) is 12.1 Å². The van der Waals surface area contributed by atoms with E-state index in [9.17, 15) is 9.59 Å². The van der Waals surface area contributed by atoms with Crippen LogP contribution in [0.25, 0.3) is 10.9 Å². The van der Waals surface area contributed by atoms with Crippen LogP contribution in [0.2, 0.25) is 0 Å². The fourth-order valence-electron chi connectivity index (χ4n) is 1.93. The number of amides is 1. The van der Waals surface area contributed by atoms with Crippen LogP contribution in [0.15, 0.2) is 18.2 Å². The van der Waals surface area contributed by atoms with Gasteiger partial charge in [0.1, 0.15) is 11.4 Å². The lowest BCUT2D eigenvalue weighted by atomic mass is 10.2. The van der Waals surface area contributed by atoms with Crippen molar-refractivity contribution >= 4 is 28.5 Å². The first-order valence-corrected chi connectivity index (χ1v) is 5.35. The summed E-state index contributed by atoms with van der Waals surface area (Å²) >= 11 is 0. The van der Waals surface area contributed by atoms with Gasteiger partial charge in [0, 0.05) is 17.0 Å². The predicted octanol–water partition coefficient (Wildman–Crippen LogP) is 1.29. The SMILES string of the molecule is COC(=O)c1cc2cc3c(cc2[nH]1)OCC(=O)N3. The van der Waals surface area contributed by atoms with Gasteiger partial charge in [-0.25, -0.2) is 4.79 Å². The number of benzene rings is 1. The average Bonchev–Trinajstić information content (AvgIpc) is 2.77. The van der Waals surface area contributed by atoms with Crippen LogP contribution in [0.3, 0.4) is 0 Å². The number of ether oxygens (including phenoxy) is 2. The van der Waals surface area contributed by atoms with Crippen LogP contribution in [0, 0.1) is 0 Å². The van der Waals surface area contributed by atoms with Crippen molar-refractivity contribution in [2.45, 2.75) is 0 Å². The van der Waals surface area contributed by atoms with Crippen molar-refractivity contribution in [2.75, 3.05) is 19.0 Å². The second-order valence-corrected chi connectivity index (χ2v) is 3.95. The summed E-state index contributed by atoms with van der Waals surface area (Å²) in [6.45, 7) is 0.00305. The lowest BCUT2D eigenvalue weighted by Crippen LogP contribution is -2.25. The fourth-order valence-corrected chi connectivity index (χ4v) is 1.93. The second-order valence-electron chi connectivity index (χ2n) is 3.95. The minimum absolute atomic E-state index is 0.00305. The molecule has 0 saturated carbocycles. The molecular weight excluding hydrogens is 236 g/mol. The van der Waals surface area contributed by atoms with E-state index >= 15 is 0 Å². The number of carbonyl (C=O) groups excluding carboxylic acids is 2. The molecule has 0 aliphatic carbocycles. The quantitative estimate of drug-likeness (QED) is 0.743. The summed E-state index contributed by atoms with van der Waals surface area (Å²) in [5.74, 6) is -0.0416. The lowest BCUT2D eigenvalue weighted by Gasteiger charge is -2.17. The molecule has 0 spiro atoms. The maximum atomic E-state index is 11.4. The zero-order chi connectivity index (χ0) is 12.7. The Morgan fingerprint density at radius 1 is 1.39 bits per heavy atom. The summed E-state index contributed by atoms with van der Waals surface area (Å²) in [5.41, 5.74) is 1.72. The number of esters is 1. The van der Waals surface area contributed by atoms with E-state index in [0.29, 0.717) is 17.1 Å². The van der Waals surface area contributed by atoms with Crippen LogP contribution in [0.4, 0.5) is 5.69 Å². The van der Waals surface area contributed by atoms with Gasteiger partial charge in [0.15, 0.2) is 6.61 Å². The number of methoxy groups -OCH3 is 1. The number of fused-ring (bicyclic) bond motifs is 2. The fraction of sp³-hybridized carbons (Fsp3) is 0.167. The van der Waals surface area contributed by atoms with Gasteiger partial charge in [-0.1, -0.05) is 0 Å². The molecule has 1 aliphatic heterocycles. The summed E-state index contributed by atoms with van der Waals surface area (Å²) in [5, 5.41) is 3.52. The average molecular weight is 246 g/mol. The van der Waals surface area contributed by atoms with E-state index in [-0.39, 0.29) is 12.5 Å². The van der Waals surface area contributed by atoms with E-state index in [2.05, 4.69) is 15.0 Å². The molecule has 0 fully saturated rings. The number of nitrogens with one attached hydrogen (secondary N) is 2. The van der Waals surface area contributed by atoms with E-state index in [1.165, 1.54) is 7.11 Å². The van der Waals surface area contributed by atoms with Crippen molar-refractivity contribution in [1.82, 2.24) is 4.98 Å². The highest BCUT2D eigenvalue weighted by Crippen LogP contribution is 2.32. The van der Waals surface area contributed by atoms with Crippen LogP contribution in [0.1, 0.15) is 10.5 Å². The van der Waals surface area contributed by atoms with Crippen LogP contribution < -0.4 is 10.1 Å². The Morgan fingerprint density at radius 2 is 2.22 bits per heavy atom. The number of aromatic amines is 1. The number of hydrogen-bond acceptors (Lipinski definition) is 4. The van der Waals surface area contributed by atoms with E-state index in [1.54, 1.807) is 18.2 Å². The summed E-state index contributed by atoms with van der Waals surface area (Å²) in [6, 6.07) is 5.17. The van der Waals surface area contributed by atoms with E-state index in [0.717, 1.165) is 10.9 Å². The van der Waals surface area contributed by atoms with Gasteiger partial charge >= 0.3 is 5.97 Å². The minimum atomic E-state index is -0.436. The van der Waals surface area contributed by atoms with Gasteiger partial charge in [0.25, 0.3) is 5.91 Å². The molecule has 6 nitrogen and oxygen atoms in total. The van der Waals surface area contributed by atoms with E-state index in [1.807, 2.05) is 0 Å². The van der Waals surface area contributed by atoms with Crippen LogP contribution in [-0.2, 0) is 9.53 Å². The smallest absolute Gasteiger partial charge is 0.354 e. The Labute approximate surface area is 102 Å². The molecule has 1 aromatic carbocycles. The predicted molar refractivity (Wildman–Crippen MR) is 63.8 cm³/mol. The van der Waals surface area contributed by atoms with Crippen molar-refractivity contribution in [3.8, 4) is 5.75 Å². The van der Waals surface area contributed by atoms with Crippen molar-refractivity contribution in [3.05, 3.63) is 23.9 Å². The molecule has 0 saturated heterocycles. The van der Waals surface area contributed by atoms with Crippen LogP contribution in [0.5, 0.6) is 5.75 Å². The highest BCUT2D eigenvalue weighted by Gasteiger charge is 2.18. The molecule has 1 amide bonds. The Kier molecular flexibility index (Phi) is 2.22. The molecule has 92 valence electrons. The van der Waals surface area contributed by atoms with E-state index < -0.39 is 5.97 Å². The Hall–Kier alpha value is -2.50. The third-order valence-electron chi connectivity index (χ3n) is 2.76. The van der Waals surface area contributed by atoms with Gasteiger partial charge in [-0.2, -0.15) is 0 Å². The number of anilines is 1. The number of H-pyrrole nitrogens is 1. The molecular formula is C12H10N2O4. The minimum Gasteiger partial charge on any atom is -0.482 e. The first-order chi connectivity index (χ1) is 8.67. The normalized spacial score (nSPS) is 13.7. The Balaban J connectivity index is 2.12. The molecule has 0 atom stereocenters. The molecule has 6 heteroatoms. The monoisotopic (exact) mass is 246 g/mol. The molecule has 2 aromatic rings. The third kappa shape index (κ3) is 1.58. The standard InChI is InChI=1S/C12H10N2O4/c1-17-12(16)9-3-6-2-8-10(4-7(6)13-9)18-5-11(15)14-8/h2-4,13H,5H2,1H3,(H,14,15). The van der Waals surface area contributed by atoms with Gasteiger partial charge in [-0.15, -0.1) is 0 Å². The highest BCUT2D eigenvalue weighted by atomic mass is 16.5. The number of rotatable bonds is 1. The maximum absolute atomic E-state index is 11.4. The second kappa shape index (κ2) is 3.76. The Morgan fingerprint density at radius 3 is 3.00 bits per heavy atom. The molecule has 2 heterocycles. The first kappa shape index (κ1) is 10.6. The van der Waals surface area contributed by atoms with Gasteiger partial charge in [0.2, 0.25) is 0 Å². The molecule has 3 rings (SSSR count). The summed E-state index contributed by atoms with van der Waals surface area (Å²) < 4.78 is 9.93. The molecule has 0 radical (unpaired) electrons. The highest BCUT2D eigenvalue weighted by molar-refractivity contribution is 6.01. The zero-order valence-electron chi connectivity index (χ0n) is 9.57. The van der Waals surface area contributed by atoms with Crippen molar-refractivity contribution < 1.29 is 19.1 Å². The van der Waals surface area contributed by atoms with Gasteiger partial charge < -0.3 is 19.8 Å². The maximum Gasteiger partial charge on any atom is 0.354 e. The van der Waals surface area contributed by atoms with Crippen molar-refractivity contribution in [2.24, 2.45) is 0 Å².